The number of allylic oxidation sites excluding steroid dienone is 2. The molecule has 30 heavy (non-hydrogen) atoms. The summed E-state index contributed by atoms with van der Waals surface area (Å²) in [6.07, 6.45) is 13.0. The van der Waals surface area contributed by atoms with E-state index in [0.717, 1.165) is 61.9 Å². The molecule has 2 aromatic rings. The van der Waals surface area contributed by atoms with Crippen molar-refractivity contribution in [1.29, 1.82) is 0 Å². The average molecular weight is 444 g/mol. The third kappa shape index (κ3) is 3.80. The fourth-order valence-electron chi connectivity index (χ4n) is 5.29. The van der Waals surface area contributed by atoms with Gasteiger partial charge in [0.15, 0.2) is 0 Å². The van der Waals surface area contributed by atoms with E-state index < -0.39 is 0 Å². The van der Waals surface area contributed by atoms with Gasteiger partial charge < -0.3 is 9.88 Å². The number of benzene rings is 1. The number of likely N-dealkylation sites (tertiary alicyclic amines) is 1. The highest BCUT2D eigenvalue weighted by Gasteiger charge is 2.38. The minimum absolute atomic E-state index is 0.0390. The molecule has 2 atom stereocenters. The smallest absolute Gasteiger partial charge is 0.226 e. The Labute approximate surface area is 187 Å². The second kappa shape index (κ2) is 8.39. The first-order chi connectivity index (χ1) is 14.6. The predicted octanol–water partition coefficient (Wildman–Crippen LogP) is 5.62. The molecule has 158 valence electrons. The summed E-state index contributed by atoms with van der Waals surface area (Å²) < 4.78 is 0. The number of rotatable bonds is 4. The van der Waals surface area contributed by atoms with Crippen LogP contribution < -0.4 is 0 Å². The lowest BCUT2D eigenvalue weighted by Crippen LogP contribution is -2.41. The van der Waals surface area contributed by atoms with E-state index in [-0.39, 0.29) is 17.9 Å². The van der Waals surface area contributed by atoms with E-state index in [4.69, 9.17) is 23.2 Å². The molecule has 0 radical (unpaired) electrons. The number of amides is 1. The summed E-state index contributed by atoms with van der Waals surface area (Å²) in [5.74, 6) is 0.206. The molecule has 0 bridgehead atoms. The third-order valence-corrected chi connectivity index (χ3v) is 7.68. The average Bonchev–Trinajstić information content (AvgIpc) is 3.37. The van der Waals surface area contributed by atoms with E-state index in [1.54, 1.807) is 6.33 Å². The van der Waals surface area contributed by atoms with Gasteiger partial charge in [-0.15, -0.1) is 0 Å². The first-order valence-electron chi connectivity index (χ1n) is 11.1. The highest BCUT2D eigenvalue weighted by atomic mass is 35.5. The van der Waals surface area contributed by atoms with Crippen LogP contribution in [0.25, 0.3) is 5.57 Å². The van der Waals surface area contributed by atoms with Gasteiger partial charge in [0.1, 0.15) is 0 Å². The van der Waals surface area contributed by atoms with Gasteiger partial charge in [-0.2, -0.15) is 0 Å². The molecule has 1 aliphatic heterocycles. The Balaban J connectivity index is 1.29. The van der Waals surface area contributed by atoms with Gasteiger partial charge >= 0.3 is 0 Å². The van der Waals surface area contributed by atoms with E-state index >= 15 is 0 Å². The highest BCUT2D eigenvalue weighted by molar-refractivity contribution is 6.36. The Hall–Kier alpha value is -1.78. The van der Waals surface area contributed by atoms with Crippen LogP contribution in [-0.2, 0) is 24.1 Å². The lowest BCUT2D eigenvalue weighted by Gasteiger charge is -2.31. The molecule has 5 rings (SSSR count). The van der Waals surface area contributed by atoms with Crippen molar-refractivity contribution in [3.05, 3.63) is 57.1 Å². The molecule has 2 unspecified atom stereocenters. The zero-order valence-corrected chi connectivity index (χ0v) is 18.6. The number of aromatic nitrogens is 2. The largest absolute Gasteiger partial charge is 0.348 e. The van der Waals surface area contributed by atoms with E-state index in [1.807, 2.05) is 12.1 Å². The van der Waals surface area contributed by atoms with Crippen molar-refractivity contribution in [2.45, 2.75) is 63.8 Å². The molecule has 1 aromatic heterocycles. The summed E-state index contributed by atoms with van der Waals surface area (Å²) in [5.41, 5.74) is 5.72. The van der Waals surface area contributed by atoms with Crippen molar-refractivity contribution >= 4 is 34.7 Å². The zero-order chi connectivity index (χ0) is 20.7. The van der Waals surface area contributed by atoms with Gasteiger partial charge in [-0.05, 0) is 80.2 Å². The van der Waals surface area contributed by atoms with Crippen molar-refractivity contribution < 1.29 is 4.79 Å². The number of nitrogens with one attached hydrogen (secondary N) is 1. The minimum atomic E-state index is -0.0390. The Bertz CT molecular complexity index is 973. The van der Waals surface area contributed by atoms with Crippen LogP contribution in [0.4, 0.5) is 0 Å². The minimum Gasteiger partial charge on any atom is -0.348 e. The lowest BCUT2D eigenvalue weighted by molar-refractivity contribution is -0.133. The molecule has 3 aliphatic rings. The summed E-state index contributed by atoms with van der Waals surface area (Å²) in [6.45, 7) is 0.817. The van der Waals surface area contributed by atoms with E-state index in [9.17, 15) is 4.79 Å². The summed E-state index contributed by atoms with van der Waals surface area (Å²) in [5, 5.41) is 1.38. The molecule has 6 heteroatoms. The number of H-pyrrole nitrogens is 1. The third-order valence-electron chi connectivity index (χ3n) is 7.01. The molecule has 1 aromatic carbocycles. The van der Waals surface area contributed by atoms with Gasteiger partial charge in [-0.1, -0.05) is 29.3 Å². The summed E-state index contributed by atoms with van der Waals surface area (Å²) >= 11 is 13.3. The van der Waals surface area contributed by atoms with Gasteiger partial charge in [-0.25, -0.2) is 4.98 Å². The summed E-state index contributed by atoms with van der Waals surface area (Å²) in [6, 6.07) is 4.35. The fraction of sp³-hybridized carbons (Fsp3) is 0.500. The van der Waals surface area contributed by atoms with Crippen LogP contribution in [0, 0.1) is 5.92 Å². The summed E-state index contributed by atoms with van der Waals surface area (Å²) in [4.78, 5) is 22.9. The van der Waals surface area contributed by atoms with Gasteiger partial charge in [0.2, 0.25) is 5.91 Å². The molecule has 0 saturated carbocycles. The molecular formula is C24H27Cl2N3O. The number of imidazole rings is 1. The van der Waals surface area contributed by atoms with Gasteiger partial charge in [0.05, 0.1) is 12.0 Å². The normalized spacial score (nSPS) is 24.1. The second-order valence-electron chi connectivity index (χ2n) is 8.84. The number of aromatic amines is 1. The fourth-order valence-corrected chi connectivity index (χ4v) is 5.94. The molecule has 2 aliphatic carbocycles. The second-order valence-corrected chi connectivity index (χ2v) is 9.65. The highest BCUT2D eigenvalue weighted by Crippen LogP contribution is 2.37. The predicted molar refractivity (Wildman–Crippen MR) is 121 cm³/mol. The quantitative estimate of drug-likeness (QED) is 0.665. The number of nitrogens with zero attached hydrogens (tertiary/aromatic N) is 2. The Kier molecular flexibility index (Phi) is 5.63. The monoisotopic (exact) mass is 443 g/mol. The van der Waals surface area contributed by atoms with E-state index in [1.165, 1.54) is 24.1 Å². The van der Waals surface area contributed by atoms with Crippen LogP contribution in [0.15, 0.2) is 24.5 Å². The lowest BCUT2D eigenvalue weighted by atomic mass is 9.91. The van der Waals surface area contributed by atoms with Gasteiger partial charge in [0, 0.05) is 40.7 Å². The zero-order valence-electron chi connectivity index (χ0n) is 17.1. The first kappa shape index (κ1) is 20.1. The van der Waals surface area contributed by atoms with Crippen molar-refractivity contribution in [2.75, 3.05) is 6.54 Å². The standard InChI is InChI=1S/C24H27Cl2N3O/c25-20-11-17(15-4-2-1-3-5-15)12-21(26)19(20)10-16-8-9-29(24(16)30)18-6-7-22-23(13-18)28-14-27-22/h4,11-12,14,16,18H,1-3,5-10,13H2,(H,27,28). The molecule has 1 fully saturated rings. The Morgan fingerprint density at radius 3 is 2.73 bits per heavy atom. The first-order valence-corrected chi connectivity index (χ1v) is 11.8. The van der Waals surface area contributed by atoms with Crippen LogP contribution in [-0.4, -0.2) is 33.4 Å². The van der Waals surface area contributed by atoms with Crippen molar-refractivity contribution in [3.63, 3.8) is 0 Å². The topological polar surface area (TPSA) is 49.0 Å². The molecule has 0 spiro atoms. The Morgan fingerprint density at radius 2 is 1.97 bits per heavy atom. The number of carbonyl (C=O) groups is 1. The maximum absolute atomic E-state index is 13.2. The SMILES string of the molecule is O=C1C(Cc2c(Cl)cc(C3=CCCCC3)cc2Cl)CCN1C1CCc2nc[nH]c2C1. The van der Waals surface area contributed by atoms with Gasteiger partial charge in [0.25, 0.3) is 0 Å². The number of aryl methyl sites for hydroxylation is 1. The molecule has 1 saturated heterocycles. The maximum atomic E-state index is 13.2. The van der Waals surface area contributed by atoms with Crippen molar-refractivity contribution in [1.82, 2.24) is 14.9 Å². The number of halogens is 2. The number of carbonyl (C=O) groups excluding carboxylic acids is 1. The Morgan fingerprint density at radius 1 is 1.13 bits per heavy atom. The molecule has 4 nitrogen and oxygen atoms in total. The van der Waals surface area contributed by atoms with Crippen LogP contribution in [0.5, 0.6) is 0 Å². The van der Waals surface area contributed by atoms with Crippen LogP contribution in [0.2, 0.25) is 10.0 Å². The summed E-state index contributed by atoms with van der Waals surface area (Å²) in [7, 11) is 0. The molecule has 2 heterocycles. The van der Waals surface area contributed by atoms with Crippen molar-refractivity contribution in [2.24, 2.45) is 5.92 Å². The molecule has 1 N–H and O–H groups in total. The van der Waals surface area contributed by atoms with Crippen LogP contribution in [0.3, 0.4) is 0 Å². The number of hydrogen-bond acceptors (Lipinski definition) is 2. The number of hydrogen-bond donors (Lipinski definition) is 1. The van der Waals surface area contributed by atoms with Crippen molar-refractivity contribution in [3.8, 4) is 0 Å². The maximum Gasteiger partial charge on any atom is 0.226 e. The molecule has 1 amide bonds. The van der Waals surface area contributed by atoms with E-state index in [0.29, 0.717) is 16.5 Å². The van der Waals surface area contributed by atoms with E-state index in [2.05, 4.69) is 20.9 Å². The number of fused-ring (bicyclic) bond motifs is 1. The van der Waals surface area contributed by atoms with Gasteiger partial charge in [-0.3, -0.25) is 4.79 Å². The van der Waals surface area contributed by atoms with Crippen LogP contribution in [0.1, 0.15) is 61.0 Å². The molecular weight excluding hydrogens is 417 g/mol. The van der Waals surface area contributed by atoms with Crippen LogP contribution >= 0.6 is 23.2 Å².